The second-order valence-corrected chi connectivity index (χ2v) is 8.09. The molecule has 3 aromatic carbocycles. The van der Waals surface area contributed by atoms with Gasteiger partial charge in [0.1, 0.15) is 0 Å². The van der Waals surface area contributed by atoms with E-state index < -0.39 is 0 Å². The van der Waals surface area contributed by atoms with Crippen LogP contribution >= 0.6 is 22.8 Å². The molecule has 23 heavy (non-hydrogen) atoms. The minimum atomic E-state index is -0.0927. The Labute approximate surface area is 148 Å². The van der Waals surface area contributed by atoms with Crippen LogP contribution in [0.15, 0.2) is 91.0 Å². The Morgan fingerprint density at radius 3 is 1.26 bits per heavy atom. The van der Waals surface area contributed by atoms with E-state index in [-0.39, 0.29) is 5.41 Å². The van der Waals surface area contributed by atoms with Crippen LogP contribution in [0.3, 0.4) is 0 Å². The highest BCUT2D eigenvalue weighted by Gasteiger charge is 2.35. The maximum atomic E-state index is 3.65. The second-order valence-electron chi connectivity index (χ2n) is 5.64. The van der Waals surface area contributed by atoms with Crippen molar-refractivity contribution >= 4 is 22.8 Å². The topological polar surface area (TPSA) is 0 Å². The van der Waals surface area contributed by atoms with Gasteiger partial charge in [-0.3, -0.25) is 0 Å². The molecular formula is C21H20BrP. The monoisotopic (exact) mass is 382 g/mol. The van der Waals surface area contributed by atoms with Gasteiger partial charge < -0.3 is 0 Å². The number of benzene rings is 3. The molecule has 3 aromatic rings. The SMILES string of the molecule is BrPCCC(c1ccccc1)(c1ccccc1)c1ccccc1. The van der Waals surface area contributed by atoms with Crippen LogP contribution in [0.2, 0.25) is 0 Å². The summed E-state index contributed by atoms with van der Waals surface area (Å²) in [7, 11) is 0.779. The molecule has 2 heteroatoms. The van der Waals surface area contributed by atoms with Gasteiger partial charge in [0, 0.05) is 5.41 Å². The first-order valence-electron chi connectivity index (χ1n) is 7.88. The standard InChI is InChI=1S/C21H20BrP/c22-23-17-16-21(18-10-4-1-5-11-18,19-12-6-2-7-13-19)20-14-8-3-9-15-20/h1-15,23H,16-17H2. The van der Waals surface area contributed by atoms with Crippen LogP contribution in [0.4, 0.5) is 0 Å². The van der Waals surface area contributed by atoms with Crippen molar-refractivity contribution in [1.29, 1.82) is 0 Å². The third-order valence-electron chi connectivity index (χ3n) is 4.39. The van der Waals surface area contributed by atoms with E-state index in [9.17, 15) is 0 Å². The molecule has 0 saturated heterocycles. The van der Waals surface area contributed by atoms with Gasteiger partial charge in [-0.05, 0) is 29.3 Å². The van der Waals surface area contributed by atoms with Gasteiger partial charge in [-0.1, -0.05) is 114 Å². The lowest BCUT2D eigenvalue weighted by Gasteiger charge is -2.36. The van der Waals surface area contributed by atoms with E-state index >= 15 is 0 Å². The Morgan fingerprint density at radius 2 is 0.957 bits per heavy atom. The molecule has 0 bridgehead atoms. The molecule has 116 valence electrons. The summed E-state index contributed by atoms with van der Waals surface area (Å²) in [5.41, 5.74) is 4.00. The molecule has 3 rings (SSSR count). The molecule has 0 spiro atoms. The Kier molecular flexibility index (Phi) is 5.65. The van der Waals surface area contributed by atoms with E-state index in [2.05, 4.69) is 106 Å². The van der Waals surface area contributed by atoms with Gasteiger partial charge in [0.05, 0.1) is 0 Å². The highest BCUT2D eigenvalue weighted by Crippen LogP contribution is 2.43. The van der Waals surface area contributed by atoms with Gasteiger partial charge in [-0.25, -0.2) is 0 Å². The fraction of sp³-hybridized carbons (Fsp3) is 0.143. The summed E-state index contributed by atoms with van der Waals surface area (Å²) in [6, 6.07) is 32.7. The molecule has 0 saturated carbocycles. The largest absolute Gasteiger partial charge is 0.0642 e. The quantitative estimate of drug-likeness (QED) is 0.341. The summed E-state index contributed by atoms with van der Waals surface area (Å²) in [6.45, 7) is 0. The molecule has 0 fully saturated rings. The first-order valence-corrected chi connectivity index (χ1v) is 11.3. The van der Waals surface area contributed by atoms with Crippen LogP contribution in [0.1, 0.15) is 23.1 Å². The van der Waals surface area contributed by atoms with Crippen LogP contribution < -0.4 is 0 Å². The third-order valence-corrected chi connectivity index (χ3v) is 6.02. The number of hydrogen-bond acceptors (Lipinski definition) is 0. The average molecular weight is 383 g/mol. The molecule has 0 aliphatic carbocycles. The normalized spacial score (nSPS) is 11.9. The lowest BCUT2D eigenvalue weighted by Crippen LogP contribution is -2.30. The zero-order valence-corrected chi connectivity index (χ0v) is 15.5. The fourth-order valence-electron chi connectivity index (χ4n) is 3.34. The van der Waals surface area contributed by atoms with Crippen molar-refractivity contribution < 1.29 is 0 Å². The summed E-state index contributed by atoms with van der Waals surface area (Å²) in [5, 5.41) is 0. The van der Waals surface area contributed by atoms with Crippen molar-refractivity contribution in [3.8, 4) is 0 Å². The highest BCUT2D eigenvalue weighted by atomic mass is 79.9. The predicted octanol–water partition coefficient (Wildman–Crippen LogP) is 6.40. The molecule has 0 amide bonds. The van der Waals surface area contributed by atoms with Crippen LogP contribution in [0, 0.1) is 0 Å². The summed E-state index contributed by atoms with van der Waals surface area (Å²) >= 11 is 3.65. The lowest BCUT2D eigenvalue weighted by molar-refractivity contribution is 0.599. The van der Waals surface area contributed by atoms with Crippen LogP contribution in [0.25, 0.3) is 0 Å². The van der Waals surface area contributed by atoms with Crippen LogP contribution in [-0.4, -0.2) is 6.16 Å². The first-order chi connectivity index (χ1) is 11.4. The molecule has 0 heterocycles. The fourth-order valence-corrected chi connectivity index (χ4v) is 4.40. The van der Waals surface area contributed by atoms with Gasteiger partial charge in [-0.15, -0.1) is 0 Å². The zero-order valence-electron chi connectivity index (χ0n) is 13.0. The number of halogens is 1. The first kappa shape index (κ1) is 16.4. The summed E-state index contributed by atoms with van der Waals surface area (Å²) < 4.78 is 0. The van der Waals surface area contributed by atoms with E-state index in [1.807, 2.05) is 0 Å². The van der Waals surface area contributed by atoms with Gasteiger partial charge in [0.15, 0.2) is 0 Å². The van der Waals surface area contributed by atoms with Crippen LogP contribution in [-0.2, 0) is 5.41 Å². The number of hydrogen-bond donors (Lipinski definition) is 0. The summed E-state index contributed by atoms with van der Waals surface area (Å²) in [6.07, 6.45) is 2.24. The predicted molar refractivity (Wildman–Crippen MR) is 106 cm³/mol. The third kappa shape index (κ3) is 3.42. The van der Waals surface area contributed by atoms with Crippen molar-refractivity contribution in [2.45, 2.75) is 11.8 Å². The summed E-state index contributed by atoms with van der Waals surface area (Å²) in [4.78, 5) is 0. The van der Waals surface area contributed by atoms with Gasteiger partial charge >= 0.3 is 0 Å². The van der Waals surface area contributed by atoms with Gasteiger partial charge in [0.2, 0.25) is 0 Å². The maximum Gasteiger partial charge on any atom is 0.0454 e. The molecule has 1 unspecified atom stereocenters. The molecule has 0 nitrogen and oxygen atoms in total. The molecule has 0 aliphatic heterocycles. The van der Waals surface area contributed by atoms with E-state index in [4.69, 9.17) is 0 Å². The zero-order chi connectivity index (χ0) is 16.0. The van der Waals surface area contributed by atoms with Crippen molar-refractivity contribution in [1.82, 2.24) is 0 Å². The Morgan fingerprint density at radius 1 is 0.609 bits per heavy atom. The minimum Gasteiger partial charge on any atom is -0.0642 e. The van der Waals surface area contributed by atoms with E-state index in [1.54, 1.807) is 0 Å². The smallest absolute Gasteiger partial charge is 0.0454 e. The molecule has 0 N–H and O–H groups in total. The van der Waals surface area contributed by atoms with Crippen LogP contribution in [0.5, 0.6) is 0 Å². The second kappa shape index (κ2) is 7.90. The molecule has 1 atom stereocenters. The van der Waals surface area contributed by atoms with E-state index in [1.165, 1.54) is 16.7 Å². The van der Waals surface area contributed by atoms with E-state index in [0.717, 1.165) is 19.9 Å². The van der Waals surface area contributed by atoms with E-state index in [0.29, 0.717) is 0 Å². The van der Waals surface area contributed by atoms with Crippen molar-refractivity contribution in [3.63, 3.8) is 0 Å². The van der Waals surface area contributed by atoms with Crippen molar-refractivity contribution in [3.05, 3.63) is 108 Å². The minimum absolute atomic E-state index is 0.0927. The Bertz CT molecular complexity index is 614. The molecular weight excluding hydrogens is 363 g/mol. The maximum absolute atomic E-state index is 3.65. The lowest BCUT2D eigenvalue weighted by atomic mass is 9.68. The Balaban J connectivity index is 2.25. The van der Waals surface area contributed by atoms with Gasteiger partial charge in [-0.2, -0.15) is 0 Å². The van der Waals surface area contributed by atoms with Crippen molar-refractivity contribution in [2.75, 3.05) is 6.16 Å². The van der Waals surface area contributed by atoms with Crippen molar-refractivity contribution in [2.24, 2.45) is 0 Å². The van der Waals surface area contributed by atoms with Gasteiger partial charge in [0.25, 0.3) is 0 Å². The Hall–Kier alpha value is -1.43. The highest BCUT2D eigenvalue weighted by molar-refractivity contribution is 9.36. The molecule has 0 aromatic heterocycles. The summed E-state index contributed by atoms with van der Waals surface area (Å²) in [5.74, 6) is 0. The number of rotatable bonds is 6. The molecule has 0 aliphatic rings. The average Bonchev–Trinajstić information content (AvgIpc) is 2.65. The molecule has 0 radical (unpaired) electrons.